The topological polar surface area (TPSA) is 51.2 Å². The maximum Gasteiger partial charge on any atom is 0.123 e. The van der Waals surface area contributed by atoms with Gasteiger partial charge in [0.1, 0.15) is 18.2 Å². The van der Waals surface area contributed by atoms with Gasteiger partial charge < -0.3 is 19.3 Å². The van der Waals surface area contributed by atoms with E-state index >= 15 is 0 Å². The maximum atomic E-state index is 12.7. The number of aliphatic hydroxyl groups excluding tert-OH is 1. The Labute approximate surface area is 124 Å². The zero-order chi connectivity index (χ0) is 14.9. The Kier molecular flexibility index (Phi) is 6.88. The molecule has 0 aromatic heterocycles. The van der Waals surface area contributed by atoms with Crippen molar-refractivity contribution in [2.45, 2.75) is 6.10 Å². The summed E-state index contributed by atoms with van der Waals surface area (Å²) in [5, 5.41) is 9.86. The molecule has 0 spiro atoms. The average Bonchev–Trinajstić information content (AvgIpc) is 2.50. The Morgan fingerprint density at radius 3 is 2.62 bits per heavy atom. The van der Waals surface area contributed by atoms with Crippen LogP contribution in [0.15, 0.2) is 24.3 Å². The lowest BCUT2D eigenvalue weighted by Gasteiger charge is -2.28. The second kappa shape index (κ2) is 8.94. The number of aliphatic hydroxyl groups is 1. The molecule has 0 radical (unpaired) electrons. The van der Waals surface area contributed by atoms with Crippen molar-refractivity contribution in [2.24, 2.45) is 0 Å². The van der Waals surface area contributed by atoms with Gasteiger partial charge in [-0.1, -0.05) is 0 Å². The average molecular weight is 299 g/mol. The molecule has 1 aliphatic heterocycles. The molecule has 2 rings (SSSR count). The van der Waals surface area contributed by atoms with Crippen LogP contribution in [-0.2, 0) is 9.47 Å². The van der Waals surface area contributed by atoms with Gasteiger partial charge in [0.2, 0.25) is 0 Å². The van der Waals surface area contributed by atoms with Gasteiger partial charge in [-0.25, -0.2) is 4.39 Å². The summed E-state index contributed by atoms with van der Waals surface area (Å²) in [7, 11) is 0. The standard InChI is InChI=1S/C15H22FNO4/c16-13-1-3-15(4-2-13)21-10-9-20-12-14(18)11-17-5-7-19-8-6-17/h1-4,14,18H,5-12H2. The van der Waals surface area contributed by atoms with E-state index in [9.17, 15) is 9.50 Å². The summed E-state index contributed by atoms with van der Waals surface area (Å²) >= 11 is 0. The van der Waals surface area contributed by atoms with Crippen molar-refractivity contribution in [3.05, 3.63) is 30.1 Å². The number of rotatable bonds is 8. The van der Waals surface area contributed by atoms with Gasteiger partial charge >= 0.3 is 0 Å². The highest BCUT2D eigenvalue weighted by Gasteiger charge is 2.14. The van der Waals surface area contributed by atoms with Crippen LogP contribution in [0.3, 0.4) is 0 Å². The van der Waals surface area contributed by atoms with Gasteiger partial charge in [0.25, 0.3) is 0 Å². The minimum atomic E-state index is -0.506. The van der Waals surface area contributed by atoms with E-state index in [0.29, 0.717) is 25.5 Å². The van der Waals surface area contributed by atoms with E-state index in [2.05, 4.69) is 4.90 Å². The van der Waals surface area contributed by atoms with E-state index in [1.165, 1.54) is 12.1 Å². The third-order valence-electron chi connectivity index (χ3n) is 3.19. The fourth-order valence-corrected chi connectivity index (χ4v) is 2.10. The maximum absolute atomic E-state index is 12.7. The molecule has 1 heterocycles. The van der Waals surface area contributed by atoms with Crippen LogP contribution in [-0.4, -0.2) is 68.8 Å². The minimum absolute atomic E-state index is 0.282. The fraction of sp³-hybridized carbons (Fsp3) is 0.600. The summed E-state index contributed by atoms with van der Waals surface area (Å²) in [5.74, 6) is 0.318. The van der Waals surface area contributed by atoms with Crippen LogP contribution in [0.25, 0.3) is 0 Å². The molecule has 5 nitrogen and oxygen atoms in total. The summed E-state index contributed by atoms with van der Waals surface area (Å²) in [6.07, 6.45) is -0.506. The Bertz CT molecular complexity index is 395. The first kappa shape index (κ1) is 16.2. The summed E-state index contributed by atoms with van der Waals surface area (Å²) in [4.78, 5) is 2.16. The molecule has 1 fully saturated rings. The van der Waals surface area contributed by atoms with Crippen molar-refractivity contribution in [1.82, 2.24) is 4.90 Å². The zero-order valence-corrected chi connectivity index (χ0v) is 12.0. The number of halogens is 1. The Morgan fingerprint density at radius 2 is 1.90 bits per heavy atom. The molecule has 1 unspecified atom stereocenters. The summed E-state index contributed by atoms with van der Waals surface area (Å²) < 4.78 is 28.7. The van der Waals surface area contributed by atoms with E-state index < -0.39 is 6.10 Å². The lowest BCUT2D eigenvalue weighted by Crippen LogP contribution is -2.42. The first-order chi connectivity index (χ1) is 10.2. The van der Waals surface area contributed by atoms with Crippen molar-refractivity contribution >= 4 is 0 Å². The number of hydrogen-bond acceptors (Lipinski definition) is 5. The van der Waals surface area contributed by atoms with E-state index in [1.807, 2.05) is 0 Å². The highest BCUT2D eigenvalue weighted by Crippen LogP contribution is 2.10. The molecule has 1 saturated heterocycles. The van der Waals surface area contributed by atoms with Gasteiger partial charge in [0, 0.05) is 19.6 Å². The SMILES string of the molecule is OC(COCCOc1ccc(F)cc1)CN1CCOCC1. The largest absolute Gasteiger partial charge is 0.491 e. The molecule has 0 bridgehead atoms. The number of morpholine rings is 1. The predicted molar refractivity (Wildman–Crippen MR) is 76.0 cm³/mol. The highest BCUT2D eigenvalue weighted by molar-refractivity contribution is 5.21. The normalized spacial score (nSPS) is 17.6. The molecule has 21 heavy (non-hydrogen) atoms. The molecule has 0 saturated carbocycles. The third-order valence-corrected chi connectivity index (χ3v) is 3.19. The van der Waals surface area contributed by atoms with Crippen molar-refractivity contribution in [3.63, 3.8) is 0 Å². The lowest BCUT2D eigenvalue weighted by molar-refractivity contribution is -0.0178. The summed E-state index contributed by atoms with van der Waals surface area (Å²) in [5.41, 5.74) is 0. The summed E-state index contributed by atoms with van der Waals surface area (Å²) in [6.45, 7) is 4.79. The molecule has 0 aliphatic carbocycles. The van der Waals surface area contributed by atoms with Gasteiger partial charge in [0.05, 0.1) is 32.5 Å². The minimum Gasteiger partial charge on any atom is -0.491 e. The van der Waals surface area contributed by atoms with Crippen molar-refractivity contribution in [1.29, 1.82) is 0 Å². The molecule has 1 N–H and O–H groups in total. The van der Waals surface area contributed by atoms with Gasteiger partial charge in [-0.2, -0.15) is 0 Å². The Balaban J connectivity index is 1.51. The molecular weight excluding hydrogens is 277 g/mol. The molecular formula is C15H22FNO4. The number of β-amino-alcohol motifs (C(OH)–C–C–N with tert-alkyl or cyclic N) is 1. The number of hydrogen-bond donors (Lipinski definition) is 1. The predicted octanol–water partition coefficient (Wildman–Crippen LogP) is 0.914. The van der Waals surface area contributed by atoms with Crippen molar-refractivity contribution in [3.8, 4) is 5.75 Å². The van der Waals surface area contributed by atoms with Crippen LogP contribution >= 0.6 is 0 Å². The van der Waals surface area contributed by atoms with Gasteiger partial charge in [0.15, 0.2) is 0 Å². The molecule has 1 aromatic carbocycles. The third kappa shape index (κ3) is 6.39. The van der Waals surface area contributed by atoms with Gasteiger partial charge in [-0.3, -0.25) is 4.90 Å². The van der Waals surface area contributed by atoms with E-state index in [1.54, 1.807) is 12.1 Å². The Hall–Kier alpha value is -1.21. The quantitative estimate of drug-likeness (QED) is 0.723. The molecule has 0 amide bonds. The number of nitrogens with zero attached hydrogens (tertiary/aromatic N) is 1. The molecule has 1 aliphatic rings. The van der Waals surface area contributed by atoms with Crippen molar-refractivity contribution < 1.29 is 23.7 Å². The molecule has 1 atom stereocenters. The van der Waals surface area contributed by atoms with Gasteiger partial charge in [-0.15, -0.1) is 0 Å². The van der Waals surface area contributed by atoms with Crippen LogP contribution in [0, 0.1) is 5.82 Å². The van der Waals surface area contributed by atoms with Gasteiger partial charge in [-0.05, 0) is 24.3 Å². The summed E-state index contributed by atoms with van der Waals surface area (Å²) in [6, 6.07) is 5.84. The zero-order valence-electron chi connectivity index (χ0n) is 12.0. The molecule has 1 aromatic rings. The van der Waals surface area contributed by atoms with Crippen LogP contribution in [0.2, 0.25) is 0 Å². The monoisotopic (exact) mass is 299 g/mol. The van der Waals surface area contributed by atoms with Crippen LogP contribution in [0.5, 0.6) is 5.75 Å². The van der Waals surface area contributed by atoms with E-state index in [4.69, 9.17) is 14.2 Å². The molecule has 118 valence electrons. The smallest absolute Gasteiger partial charge is 0.123 e. The van der Waals surface area contributed by atoms with Crippen LogP contribution < -0.4 is 4.74 Å². The van der Waals surface area contributed by atoms with E-state index in [-0.39, 0.29) is 12.4 Å². The first-order valence-electron chi connectivity index (χ1n) is 7.18. The number of ether oxygens (including phenoxy) is 3. The Morgan fingerprint density at radius 1 is 1.19 bits per heavy atom. The lowest BCUT2D eigenvalue weighted by atomic mass is 10.3. The second-order valence-electron chi connectivity index (χ2n) is 4.94. The second-order valence-corrected chi connectivity index (χ2v) is 4.94. The fourth-order valence-electron chi connectivity index (χ4n) is 2.10. The van der Waals surface area contributed by atoms with Crippen molar-refractivity contribution in [2.75, 3.05) is 52.7 Å². The first-order valence-corrected chi connectivity index (χ1v) is 7.18. The van der Waals surface area contributed by atoms with Crippen LogP contribution in [0.1, 0.15) is 0 Å². The number of benzene rings is 1. The van der Waals surface area contributed by atoms with E-state index in [0.717, 1.165) is 26.3 Å². The van der Waals surface area contributed by atoms with Crippen LogP contribution in [0.4, 0.5) is 4.39 Å². The molecule has 6 heteroatoms. The highest BCUT2D eigenvalue weighted by atomic mass is 19.1.